The number of ether oxygens (including phenoxy) is 1. The van der Waals surface area contributed by atoms with Gasteiger partial charge in [-0.1, -0.05) is 35.9 Å². The summed E-state index contributed by atoms with van der Waals surface area (Å²) in [7, 11) is 1.57. The molecule has 0 atom stereocenters. The van der Waals surface area contributed by atoms with Gasteiger partial charge in [-0.25, -0.2) is 0 Å². The van der Waals surface area contributed by atoms with Crippen LogP contribution in [0.2, 0.25) is 5.02 Å². The lowest BCUT2D eigenvalue weighted by Gasteiger charge is -2.12. The standard InChI is InChI=1S/C21H20ClN3O2/c1-14-7-8-20(27-2)18(11-14)25-21(26)19-12-16(9-10-23-19)24-13-15-5-3-4-6-17(15)22/h3-12H,13H2,1-2H3,(H,23,24)(H,25,26). The molecule has 138 valence electrons. The molecule has 3 rings (SSSR count). The molecular weight excluding hydrogens is 362 g/mol. The Balaban J connectivity index is 1.72. The molecule has 2 aromatic carbocycles. The van der Waals surface area contributed by atoms with E-state index in [4.69, 9.17) is 16.3 Å². The second kappa shape index (κ2) is 8.56. The maximum atomic E-state index is 12.6. The Morgan fingerprint density at radius 2 is 1.96 bits per heavy atom. The fourth-order valence-corrected chi connectivity index (χ4v) is 2.81. The number of hydrogen-bond donors (Lipinski definition) is 2. The molecule has 0 aliphatic rings. The first-order valence-electron chi connectivity index (χ1n) is 8.46. The van der Waals surface area contributed by atoms with Crippen molar-refractivity contribution in [2.45, 2.75) is 13.5 Å². The zero-order chi connectivity index (χ0) is 19.2. The van der Waals surface area contributed by atoms with Crippen LogP contribution in [-0.4, -0.2) is 18.0 Å². The van der Waals surface area contributed by atoms with Gasteiger partial charge in [0.1, 0.15) is 11.4 Å². The molecule has 0 fully saturated rings. The van der Waals surface area contributed by atoms with Gasteiger partial charge in [0.05, 0.1) is 12.8 Å². The number of amides is 1. The van der Waals surface area contributed by atoms with Crippen LogP contribution in [0.15, 0.2) is 60.8 Å². The Labute approximate surface area is 163 Å². The molecule has 1 aromatic heterocycles. The first kappa shape index (κ1) is 18.7. The highest BCUT2D eigenvalue weighted by molar-refractivity contribution is 6.31. The number of methoxy groups -OCH3 is 1. The molecule has 2 N–H and O–H groups in total. The van der Waals surface area contributed by atoms with E-state index in [1.54, 1.807) is 25.4 Å². The van der Waals surface area contributed by atoms with Crippen molar-refractivity contribution in [1.29, 1.82) is 0 Å². The molecule has 0 unspecified atom stereocenters. The Bertz CT molecular complexity index is 960. The van der Waals surface area contributed by atoms with Gasteiger partial charge in [-0.05, 0) is 48.4 Å². The minimum absolute atomic E-state index is 0.305. The average Bonchev–Trinajstić information content (AvgIpc) is 2.68. The van der Waals surface area contributed by atoms with E-state index in [9.17, 15) is 4.79 Å². The van der Waals surface area contributed by atoms with Crippen LogP contribution >= 0.6 is 11.6 Å². The Morgan fingerprint density at radius 1 is 1.15 bits per heavy atom. The highest BCUT2D eigenvalue weighted by Crippen LogP contribution is 2.26. The lowest BCUT2D eigenvalue weighted by Crippen LogP contribution is -2.15. The topological polar surface area (TPSA) is 63.2 Å². The van der Waals surface area contributed by atoms with Gasteiger partial charge in [-0.15, -0.1) is 0 Å². The van der Waals surface area contributed by atoms with E-state index in [0.717, 1.165) is 16.8 Å². The van der Waals surface area contributed by atoms with Crippen molar-refractivity contribution in [2.24, 2.45) is 0 Å². The summed E-state index contributed by atoms with van der Waals surface area (Å²) in [6.45, 7) is 2.50. The van der Waals surface area contributed by atoms with E-state index in [0.29, 0.717) is 28.7 Å². The zero-order valence-corrected chi connectivity index (χ0v) is 15.9. The third-order valence-corrected chi connectivity index (χ3v) is 4.41. The number of carbonyl (C=O) groups excluding carboxylic acids is 1. The molecule has 0 spiro atoms. The molecule has 0 saturated heterocycles. The van der Waals surface area contributed by atoms with E-state index in [1.807, 2.05) is 49.4 Å². The first-order chi connectivity index (χ1) is 13.1. The first-order valence-corrected chi connectivity index (χ1v) is 8.84. The number of nitrogens with one attached hydrogen (secondary N) is 2. The molecule has 3 aromatic rings. The molecular formula is C21H20ClN3O2. The molecule has 1 amide bonds. The molecule has 1 heterocycles. The van der Waals surface area contributed by atoms with Crippen LogP contribution in [0.4, 0.5) is 11.4 Å². The van der Waals surface area contributed by atoms with E-state index < -0.39 is 0 Å². The number of carbonyl (C=O) groups is 1. The van der Waals surface area contributed by atoms with Crippen molar-refractivity contribution >= 4 is 28.9 Å². The van der Waals surface area contributed by atoms with Crippen LogP contribution in [0.25, 0.3) is 0 Å². The Hall–Kier alpha value is -3.05. The molecule has 27 heavy (non-hydrogen) atoms. The quantitative estimate of drug-likeness (QED) is 0.636. The summed E-state index contributed by atoms with van der Waals surface area (Å²) in [6, 6.07) is 16.7. The summed E-state index contributed by atoms with van der Waals surface area (Å²) in [6.07, 6.45) is 1.59. The van der Waals surface area contributed by atoms with Crippen LogP contribution in [0.3, 0.4) is 0 Å². The number of pyridine rings is 1. The molecule has 0 saturated carbocycles. The summed E-state index contributed by atoms with van der Waals surface area (Å²) in [5.41, 5.74) is 3.70. The Morgan fingerprint density at radius 3 is 2.74 bits per heavy atom. The van der Waals surface area contributed by atoms with Crippen molar-refractivity contribution < 1.29 is 9.53 Å². The Kier molecular flexibility index (Phi) is 5.94. The van der Waals surface area contributed by atoms with Crippen LogP contribution < -0.4 is 15.4 Å². The fourth-order valence-electron chi connectivity index (χ4n) is 2.61. The number of benzene rings is 2. The van der Waals surface area contributed by atoms with Crippen molar-refractivity contribution in [3.8, 4) is 5.75 Å². The van der Waals surface area contributed by atoms with Crippen molar-refractivity contribution in [1.82, 2.24) is 4.98 Å². The minimum atomic E-state index is -0.305. The molecule has 5 nitrogen and oxygen atoms in total. The van der Waals surface area contributed by atoms with Gasteiger partial charge in [0, 0.05) is 23.5 Å². The summed E-state index contributed by atoms with van der Waals surface area (Å²) in [4.78, 5) is 16.8. The number of anilines is 2. The highest BCUT2D eigenvalue weighted by Gasteiger charge is 2.12. The lowest BCUT2D eigenvalue weighted by molar-refractivity contribution is 0.102. The summed E-state index contributed by atoms with van der Waals surface area (Å²) < 4.78 is 5.30. The van der Waals surface area contributed by atoms with Crippen LogP contribution in [-0.2, 0) is 6.54 Å². The molecule has 0 aliphatic heterocycles. The average molecular weight is 382 g/mol. The molecule has 0 bridgehead atoms. The van der Waals surface area contributed by atoms with Gasteiger partial charge in [-0.2, -0.15) is 0 Å². The van der Waals surface area contributed by atoms with Gasteiger partial charge in [0.25, 0.3) is 5.91 Å². The second-order valence-corrected chi connectivity index (χ2v) is 6.44. The van der Waals surface area contributed by atoms with Crippen molar-refractivity contribution in [2.75, 3.05) is 17.7 Å². The molecule has 0 radical (unpaired) electrons. The fraction of sp³-hybridized carbons (Fsp3) is 0.143. The number of aromatic nitrogens is 1. The number of hydrogen-bond acceptors (Lipinski definition) is 4. The number of nitrogens with zero attached hydrogens (tertiary/aromatic N) is 1. The van der Waals surface area contributed by atoms with Crippen LogP contribution in [0.1, 0.15) is 21.6 Å². The smallest absolute Gasteiger partial charge is 0.274 e. The summed E-state index contributed by atoms with van der Waals surface area (Å²) in [5.74, 6) is 0.294. The van der Waals surface area contributed by atoms with Gasteiger partial charge in [0.2, 0.25) is 0 Å². The third-order valence-electron chi connectivity index (χ3n) is 4.04. The normalized spacial score (nSPS) is 10.3. The van der Waals surface area contributed by atoms with Gasteiger partial charge in [0.15, 0.2) is 0 Å². The number of rotatable bonds is 6. The van der Waals surface area contributed by atoms with Gasteiger partial charge >= 0.3 is 0 Å². The third kappa shape index (κ3) is 4.77. The SMILES string of the molecule is COc1ccc(C)cc1NC(=O)c1cc(NCc2ccccc2Cl)ccn1. The van der Waals surface area contributed by atoms with E-state index in [2.05, 4.69) is 15.6 Å². The maximum Gasteiger partial charge on any atom is 0.274 e. The minimum Gasteiger partial charge on any atom is -0.495 e. The van der Waals surface area contributed by atoms with E-state index in [-0.39, 0.29) is 5.91 Å². The highest BCUT2D eigenvalue weighted by atomic mass is 35.5. The second-order valence-electron chi connectivity index (χ2n) is 6.03. The van der Waals surface area contributed by atoms with Crippen molar-refractivity contribution in [3.05, 3.63) is 82.6 Å². The van der Waals surface area contributed by atoms with Crippen LogP contribution in [0, 0.1) is 6.92 Å². The predicted octanol–water partition coefficient (Wildman–Crippen LogP) is 4.92. The molecule has 6 heteroatoms. The monoisotopic (exact) mass is 381 g/mol. The van der Waals surface area contributed by atoms with Gasteiger partial charge in [-0.3, -0.25) is 9.78 Å². The van der Waals surface area contributed by atoms with Gasteiger partial charge < -0.3 is 15.4 Å². The van der Waals surface area contributed by atoms with Crippen LogP contribution in [0.5, 0.6) is 5.75 Å². The lowest BCUT2D eigenvalue weighted by atomic mass is 10.2. The van der Waals surface area contributed by atoms with E-state index in [1.165, 1.54) is 0 Å². The zero-order valence-electron chi connectivity index (χ0n) is 15.1. The number of halogens is 1. The number of aryl methyl sites for hydroxylation is 1. The summed E-state index contributed by atoms with van der Waals surface area (Å²) in [5, 5.41) is 6.81. The molecule has 0 aliphatic carbocycles. The maximum absolute atomic E-state index is 12.6. The summed E-state index contributed by atoms with van der Waals surface area (Å²) >= 11 is 6.18. The predicted molar refractivity (Wildman–Crippen MR) is 109 cm³/mol. The van der Waals surface area contributed by atoms with E-state index >= 15 is 0 Å². The van der Waals surface area contributed by atoms with Crippen molar-refractivity contribution in [3.63, 3.8) is 0 Å². The largest absolute Gasteiger partial charge is 0.495 e.